The van der Waals surface area contributed by atoms with E-state index in [1.807, 2.05) is 78.0 Å². The van der Waals surface area contributed by atoms with Crippen LogP contribution in [0.15, 0.2) is 91.4 Å². The standard InChI is InChI=1S/C26H24N4O/c31-26(24-14-23(24)20-9-3-1-4-10-20)30(17-19-8-7-13-27-15-19)18-22-16-28-25(29-22)21-11-5-2-6-12-21/h1-13,15-16,23-24H,14,17-18H2,(H,28,29)/t23-,24-/m0/s1. The lowest BCUT2D eigenvalue weighted by Gasteiger charge is -2.22. The number of hydrogen-bond donors (Lipinski definition) is 1. The third-order valence-electron chi connectivity index (χ3n) is 5.78. The van der Waals surface area contributed by atoms with Crippen LogP contribution < -0.4 is 0 Å². The van der Waals surface area contributed by atoms with Crippen LogP contribution in [0.5, 0.6) is 0 Å². The summed E-state index contributed by atoms with van der Waals surface area (Å²) in [5.74, 6) is 1.36. The van der Waals surface area contributed by atoms with Crippen molar-refractivity contribution in [2.24, 2.45) is 5.92 Å². The van der Waals surface area contributed by atoms with E-state index in [1.165, 1.54) is 5.56 Å². The molecule has 0 unspecified atom stereocenters. The second-order valence-electron chi connectivity index (χ2n) is 8.04. The molecule has 1 fully saturated rings. The van der Waals surface area contributed by atoms with Crippen molar-refractivity contribution in [1.82, 2.24) is 19.9 Å². The summed E-state index contributed by atoms with van der Waals surface area (Å²) in [4.78, 5) is 27.5. The molecule has 5 heteroatoms. The Morgan fingerprint density at radius 3 is 2.45 bits per heavy atom. The number of aromatic nitrogens is 3. The first-order valence-electron chi connectivity index (χ1n) is 10.6. The third-order valence-corrected chi connectivity index (χ3v) is 5.78. The first kappa shape index (κ1) is 19.2. The lowest BCUT2D eigenvalue weighted by atomic mass is 10.1. The highest BCUT2D eigenvalue weighted by Crippen LogP contribution is 2.48. The molecule has 0 aliphatic heterocycles. The smallest absolute Gasteiger partial charge is 0.226 e. The normalized spacial score (nSPS) is 17.3. The van der Waals surface area contributed by atoms with Crippen LogP contribution in [0.25, 0.3) is 11.4 Å². The van der Waals surface area contributed by atoms with Gasteiger partial charge in [0.15, 0.2) is 0 Å². The van der Waals surface area contributed by atoms with Crippen LogP contribution >= 0.6 is 0 Å². The molecular formula is C26H24N4O. The summed E-state index contributed by atoms with van der Waals surface area (Å²) in [6.07, 6.45) is 6.31. The predicted molar refractivity (Wildman–Crippen MR) is 120 cm³/mol. The number of rotatable bonds is 7. The van der Waals surface area contributed by atoms with Crippen LogP contribution in [0.2, 0.25) is 0 Å². The Kier molecular flexibility index (Phi) is 5.31. The SMILES string of the molecule is O=C([C@H]1C[C@H]1c1ccccc1)N(Cc1cccnc1)Cc1cnc(-c2ccccc2)[nH]1. The lowest BCUT2D eigenvalue weighted by molar-refractivity contribution is -0.134. The average molecular weight is 409 g/mol. The number of benzene rings is 2. The van der Waals surface area contributed by atoms with Gasteiger partial charge in [0.25, 0.3) is 0 Å². The van der Waals surface area contributed by atoms with Gasteiger partial charge in [-0.05, 0) is 29.5 Å². The molecule has 0 spiro atoms. The van der Waals surface area contributed by atoms with Gasteiger partial charge >= 0.3 is 0 Å². The topological polar surface area (TPSA) is 61.9 Å². The van der Waals surface area contributed by atoms with Crippen molar-refractivity contribution in [3.63, 3.8) is 0 Å². The van der Waals surface area contributed by atoms with Gasteiger partial charge < -0.3 is 9.88 Å². The second kappa shape index (κ2) is 8.56. The van der Waals surface area contributed by atoms with E-state index in [4.69, 9.17) is 0 Å². The highest BCUT2D eigenvalue weighted by Gasteiger charge is 2.45. The number of aromatic amines is 1. The fourth-order valence-corrected chi connectivity index (χ4v) is 4.08. The minimum atomic E-state index is 0.0376. The number of carbonyl (C=O) groups excluding carboxylic acids is 1. The summed E-state index contributed by atoms with van der Waals surface area (Å²) in [5, 5.41) is 0. The van der Waals surface area contributed by atoms with Crippen LogP contribution in [0.4, 0.5) is 0 Å². The average Bonchev–Trinajstić information content (AvgIpc) is 3.50. The highest BCUT2D eigenvalue weighted by molar-refractivity contribution is 5.83. The second-order valence-corrected chi connectivity index (χ2v) is 8.04. The van der Waals surface area contributed by atoms with E-state index in [-0.39, 0.29) is 11.8 Å². The number of carbonyl (C=O) groups is 1. The minimum absolute atomic E-state index is 0.0376. The molecule has 2 atom stereocenters. The summed E-state index contributed by atoms with van der Waals surface area (Å²) < 4.78 is 0. The van der Waals surface area contributed by atoms with Gasteiger partial charge in [0.2, 0.25) is 5.91 Å². The van der Waals surface area contributed by atoms with Crippen molar-refractivity contribution in [1.29, 1.82) is 0 Å². The molecule has 2 heterocycles. The largest absolute Gasteiger partial charge is 0.340 e. The van der Waals surface area contributed by atoms with Gasteiger partial charge in [0.05, 0.1) is 18.4 Å². The molecule has 1 aliphatic carbocycles. The molecule has 5 rings (SSSR count). The monoisotopic (exact) mass is 408 g/mol. The summed E-state index contributed by atoms with van der Waals surface area (Å²) in [7, 11) is 0. The van der Waals surface area contributed by atoms with Crippen molar-refractivity contribution in [2.75, 3.05) is 0 Å². The summed E-state index contributed by atoms with van der Waals surface area (Å²) >= 11 is 0. The van der Waals surface area contributed by atoms with Crippen molar-refractivity contribution >= 4 is 5.91 Å². The van der Waals surface area contributed by atoms with Crippen LogP contribution in [0.1, 0.15) is 29.2 Å². The Balaban J connectivity index is 1.35. The number of H-pyrrole nitrogens is 1. The van der Waals surface area contributed by atoms with Crippen molar-refractivity contribution in [3.8, 4) is 11.4 Å². The van der Waals surface area contributed by atoms with Gasteiger partial charge in [-0.2, -0.15) is 0 Å². The van der Waals surface area contributed by atoms with Gasteiger partial charge in [-0.1, -0.05) is 66.7 Å². The maximum absolute atomic E-state index is 13.4. The van der Waals surface area contributed by atoms with E-state index < -0.39 is 0 Å². The molecule has 31 heavy (non-hydrogen) atoms. The van der Waals surface area contributed by atoms with Gasteiger partial charge in [-0.15, -0.1) is 0 Å². The van der Waals surface area contributed by atoms with E-state index in [9.17, 15) is 4.79 Å². The molecule has 1 N–H and O–H groups in total. The van der Waals surface area contributed by atoms with Gasteiger partial charge in [0.1, 0.15) is 5.82 Å². The third kappa shape index (κ3) is 4.40. The molecular weight excluding hydrogens is 384 g/mol. The molecule has 1 aliphatic rings. The fourth-order valence-electron chi connectivity index (χ4n) is 4.08. The van der Waals surface area contributed by atoms with E-state index in [2.05, 4.69) is 27.1 Å². The number of pyridine rings is 1. The quantitative estimate of drug-likeness (QED) is 0.478. The summed E-state index contributed by atoms with van der Waals surface area (Å²) in [5.41, 5.74) is 4.23. The minimum Gasteiger partial charge on any atom is -0.340 e. The Morgan fingerprint density at radius 1 is 0.935 bits per heavy atom. The number of hydrogen-bond acceptors (Lipinski definition) is 3. The summed E-state index contributed by atoms with van der Waals surface area (Å²) in [6.45, 7) is 1.02. The van der Waals surface area contributed by atoms with Gasteiger partial charge in [0, 0.05) is 30.4 Å². The predicted octanol–water partition coefficient (Wildman–Crippen LogP) is 4.80. The Labute approximate surface area is 181 Å². The first-order chi connectivity index (χ1) is 15.3. The van der Waals surface area contributed by atoms with Gasteiger partial charge in [-0.25, -0.2) is 4.98 Å². The Bertz CT molecular complexity index is 1140. The Morgan fingerprint density at radius 2 is 1.71 bits per heavy atom. The van der Waals surface area contributed by atoms with E-state index >= 15 is 0 Å². The zero-order chi connectivity index (χ0) is 21.0. The van der Waals surface area contributed by atoms with Crippen LogP contribution in [0, 0.1) is 5.92 Å². The van der Waals surface area contributed by atoms with Crippen LogP contribution in [-0.2, 0) is 17.9 Å². The molecule has 154 valence electrons. The number of nitrogens with one attached hydrogen (secondary N) is 1. The molecule has 0 saturated heterocycles. The molecule has 4 aromatic rings. The van der Waals surface area contributed by atoms with Crippen molar-refractivity contribution in [3.05, 3.63) is 108 Å². The first-order valence-corrected chi connectivity index (χ1v) is 10.6. The molecule has 2 aromatic heterocycles. The molecule has 1 saturated carbocycles. The zero-order valence-electron chi connectivity index (χ0n) is 17.2. The molecule has 0 bridgehead atoms. The summed E-state index contributed by atoms with van der Waals surface area (Å²) in [6, 6.07) is 24.3. The number of amides is 1. The van der Waals surface area contributed by atoms with Gasteiger partial charge in [-0.3, -0.25) is 9.78 Å². The molecule has 0 radical (unpaired) electrons. The molecule has 1 amide bonds. The number of nitrogens with zero attached hydrogens (tertiary/aromatic N) is 3. The number of imidazole rings is 1. The van der Waals surface area contributed by atoms with Crippen LogP contribution in [-0.4, -0.2) is 25.8 Å². The zero-order valence-corrected chi connectivity index (χ0v) is 17.2. The van der Waals surface area contributed by atoms with Crippen molar-refractivity contribution in [2.45, 2.75) is 25.4 Å². The maximum Gasteiger partial charge on any atom is 0.226 e. The fraction of sp³-hybridized carbons (Fsp3) is 0.192. The van der Waals surface area contributed by atoms with Crippen LogP contribution in [0.3, 0.4) is 0 Å². The maximum atomic E-state index is 13.4. The van der Waals surface area contributed by atoms with E-state index in [0.29, 0.717) is 19.0 Å². The lowest BCUT2D eigenvalue weighted by Crippen LogP contribution is -2.32. The Hall–Kier alpha value is -3.73. The van der Waals surface area contributed by atoms with E-state index in [0.717, 1.165) is 29.1 Å². The van der Waals surface area contributed by atoms with E-state index in [1.54, 1.807) is 6.20 Å². The van der Waals surface area contributed by atoms with Crippen molar-refractivity contribution < 1.29 is 4.79 Å². The molecule has 5 nitrogen and oxygen atoms in total. The highest BCUT2D eigenvalue weighted by atomic mass is 16.2. The molecule has 2 aromatic carbocycles.